The third kappa shape index (κ3) is 2.83. The molecule has 1 aromatic carbocycles. The zero-order valence-corrected chi connectivity index (χ0v) is 11.1. The lowest BCUT2D eigenvalue weighted by Crippen LogP contribution is -2.21. The zero-order valence-electron chi connectivity index (χ0n) is 11.1. The highest BCUT2D eigenvalue weighted by Gasteiger charge is 2.32. The van der Waals surface area contributed by atoms with Crippen LogP contribution in [-0.2, 0) is 0 Å². The van der Waals surface area contributed by atoms with Crippen molar-refractivity contribution >= 4 is 23.9 Å². The molecule has 0 fully saturated rings. The molecule has 0 amide bonds. The summed E-state index contributed by atoms with van der Waals surface area (Å²) in [5.41, 5.74) is -3.26. The van der Waals surface area contributed by atoms with Crippen LogP contribution in [0.5, 0.6) is 0 Å². The maximum atomic E-state index is 11.3. The molecular weight excluding hydrogens is 284 g/mol. The fourth-order valence-electron chi connectivity index (χ4n) is 2.08. The highest BCUT2D eigenvalue weighted by atomic mass is 16.4. The van der Waals surface area contributed by atoms with Crippen molar-refractivity contribution in [1.82, 2.24) is 0 Å². The molecule has 112 valence electrons. The van der Waals surface area contributed by atoms with Gasteiger partial charge in [-0.15, -0.1) is 0 Å². The van der Waals surface area contributed by atoms with Crippen molar-refractivity contribution in [2.24, 2.45) is 0 Å². The summed E-state index contributed by atoms with van der Waals surface area (Å²) in [6.45, 7) is 2.90. The van der Waals surface area contributed by atoms with E-state index in [0.717, 1.165) is 0 Å². The first-order valence-corrected chi connectivity index (χ1v) is 5.73. The Kier molecular flexibility index (Phi) is 4.32. The van der Waals surface area contributed by atoms with Gasteiger partial charge in [0.1, 0.15) is 0 Å². The van der Waals surface area contributed by atoms with Gasteiger partial charge in [-0.1, -0.05) is 13.8 Å². The van der Waals surface area contributed by atoms with Gasteiger partial charge in [-0.05, 0) is 17.5 Å². The van der Waals surface area contributed by atoms with Crippen LogP contribution in [0.2, 0.25) is 0 Å². The van der Waals surface area contributed by atoms with E-state index in [9.17, 15) is 29.4 Å². The molecule has 0 saturated heterocycles. The van der Waals surface area contributed by atoms with Crippen molar-refractivity contribution in [1.29, 1.82) is 0 Å². The lowest BCUT2D eigenvalue weighted by atomic mass is 9.85. The lowest BCUT2D eigenvalue weighted by Gasteiger charge is -2.17. The van der Waals surface area contributed by atoms with Crippen LogP contribution in [0.15, 0.2) is 6.07 Å². The minimum Gasteiger partial charge on any atom is -0.478 e. The molecule has 0 saturated carbocycles. The van der Waals surface area contributed by atoms with Gasteiger partial charge >= 0.3 is 23.9 Å². The van der Waals surface area contributed by atoms with Crippen LogP contribution in [0.1, 0.15) is 66.8 Å². The molecule has 0 aliphatic heterocycles. The van der Waals surface area contributed by atoms with Crippen molar-refractivity contribution in [3.8, 4) is 0 Å². The molecule has 1 aromatic rings. The first-order valence-electron chi connectivity index (χ1n) is 5.73. The van der Waals surface area contributed by atoms with E-state index < -0.39 is 52.0 Å². The Labute approximate surface area is 118 Å². The Bertz CT molecular complexity index is 606. The predicted octanol–water partition coefficient (Wildman–Crippen LogP) is 1.60. The van der Waals surface area contributed by atoms with Gasteiger partial charge in [-0.2, -0.15) is 0 Å². The highest BCUT2D eigenvalue weighted by Crippen LogP contribution is 2.30. The van der Waals surface area contributed by atoms with Crippen LogP contribution in [0.4, 0.5) is 0 Å². The molecular formula is C13H12O8. The monoisotopic (exact) mass is 296 g/mol. The van der Waals surface area contributed by atoms with Gasteiger partial charge in [-0.25, -0.2) is 19.2 Å². The molecule has 0 unspecified atom stereocenters. The number of carboxylic acid groups (broad SMARTS) is 4. The molecule has 0 aliphatic rings. The first kappa shape index (κ1) is 16.2. The molecule has 1 rings (SSSR count). The molecule has 4 N–H and O–H groups in total. The topological polar surface area (TPSA) is 149 Å². The Morgan fingerprint density at radius 3 is 1.29 bits per heavy atom. The third-order valence-electron chi connectivity index (χ3n) is 2.83. The second kappa shape index (κ2) is 5.61. The van der Waals surface area contributed by atoms with E-state index in [1.807, 2.05) is 0 Å². The SMILES string of the molecule is CC(C)c1c(C(=O)O)c(C(=O)O)cc(C(=O)O)c1C(=O)O. The van der Waals surface area contributed by atoms with E-state index >= 15 is 0 Å². The summed E-state index contributed by atoms with van der Waals surface area (Å²) in [7, 11) is 0. The van der Waals surface area contributed by atoms with Gasteiger partial charge in [0.25, 0.3) is 0 Å². The number of hydrogen-bond donors (Lipinski definition) is 4. The standard InChI is InChI=1S/C13H12O8/c1-4(2)7-8(12(18)19)5(10(14)15)3-6(11(16)17)9(7)13(20)21/h3-4H,1-2H3,(H,14,15)(H,16,17)(H,18,19)(H,20,21). The second-order valence-electron chi connectivity index (χ2n) is 4.51. The molecule has 0 aliphatic carbocycles. The normalized spacial score (nSPS) is 10.4. The van der Waals surface area contributed by atoms with Crippen molar-refractivity contribution in [3.63, 3.8) is 0 Å². The molecule has 0 atom stereocenters. The van der Waals surface area contributed by atoms with Crippen molar-refractivity contribution in [2.45, 2.75) is 19.8 Å². The van der Waals surface area contributed by atoms with Gasteiger partial charge < -0.3 is 20.4 Å². The van der Waals surface area contributed by atoms with E-state index in [1.165, 1.54) is 13.8 Å². The van der Waals surface area contributed by atoms with E-state index in [1.54, 1.807) is 0 Å². The summed E-state index contributed by atoms with van der Waals surface area (Å²) in [5.74, 6) is -7.24. The first-order chi connectivity index (χ1) is 9.59. The molecule has 0 aromatic heterocycles. The Balaban J connectivity index is 4.08. The second-order valence-corrected chi connectivity index (χ2v) is 4.51. The van der Waals surface area contributed by atoms with Gasteiger partial charge in [0.05, 0.1) is 22.3 Å². The maximum Gasteiger partial charge on any atom is 0.336 e. The Morgan fingerprint density at radius 2 is 1.10 bits per heavy atom. The fourth-order valence-corrected chi connectivity index (χ4v) is 2.08. The minimum absolute atomic E-state index is 0.327. The molecule has 0 spiro atoms. The number of carbonyl (C=O) groups is 4. The fraction of sp³-hybridized carbons (Fsp3) is 0.231. The van der Waals surface area contributed by atoms with Gasteiger partial charge in [0, 0.05) is 0 Å². The van der Waals surface area contributed by atoms with Crippen molar-refractivity contribution in [3.05, 3.63) is 33.9 Å². The van der Waals surface area contributed by atoms with Gasteiger partial charge in [0.2, 0.25) is 0 Å². The number of hydrogen-bond acceptors (Lipinski definition) is 4. The molecule has 0 heterocycles. The molecule has 8 nitrogen and oxygen atoms in total. The average molecular weight is 296 g/mol. The summed E-state index contributed by atoms with van der Waals surface area (Å²) in [5, 5.41) is 36.5. The number of carboxylic acids is 4. The quantitative estimate of drug-likeness (QED) is 0.640. The van der Waals surface area contributed by atoms with Crippen LogP contribution in [-0.4, -0.2) is 44.3 Å². The Morgan fingerprint density at radius 1 is 0.762 bits per heavy atom. The van der Waals surface area contributed by atoms with Crippen LogP contribution >= 0.6 is 0 Å². The largest absolute Gasteiger partial charge is 0.478 e. The summed E-state index contributed by atoms with van der Waals surface area (Å²) in [4.78, 5) is 44.9. The smallest absolute Gasteiger partial charge is 0.336 e. The number of aromatic carboxylic acids is 4. The lowest BCUT2D eigenvalue weighted by molar-refractivity contribution is 0.0634. The van der Waals surface area contributed by atoms with E-state index in [4.69, 9.17) is 10.2 Å². The van der Waals surface area contributed by atoms with Crippen molar-refractivity contribution in [2.75, 3.05) is 0 Å². The van der Waals surface area contributed by atoms with Gasteiger partial charge in [0.15, 0.2) is 0 Å². The molecule has 8 heteroatoms. The van der Waals surface area contributed by atoms with Crippen LogP contribution in [0, 0.1) is 0 Å². The Hall–Kier alpha value is -2.90. The maximum absolute atomic E-state index is 11.3. The minimum atomic E-state index is -1.64. The molecule has 0 bridgehead atoms. The summed E-state index contributed by atoms with van der Waals surface area (Å²) in [6, 6.07) is 0.559. The predicted molar refractivity (Wildman–Crippen MR) is 68.4 cm³/mol. The van der Waals surface area contributed by atoms with E-state index in [-0.39, 0.29) is 5.56 Å². The number of rotatable bonds is 5. The third-order valence-corrected chi connectivity index (χ3v) is 2.83. The average Bonchev–Trinajstić information content (AvgIpc) is 2.34. The molecule has 21 heavy (non-hydrogen) atoms. The van der Waals surface area contributed by atoms with Crippen LogP contribution in [0.25, 0.3) is 0 Å². The van der Waals surface area contributed by atoms with Gasteiger partial charge in [-0.3, -0.25) is 0 Å². The summed E-state index contributed by atoms with van der Waals surface area (Å²) >= 11 is 0. The zero-order chi connectivity index (χ0) is 16.5. The van der Waals surface area contributed by atoms with Crippen LogP contribution < -0.4 is 0 Å². The van der Waals surface area contributed by atoms with E-state index in [2.05, 4.69) is 0 Å². The van der Waals surface area contributed by atoms with Crippen LogP contribution in [0.3, 0.4) is 0 Å². The van der Waals surface area contributed by atoms with E-state index in [0.29, 0.717) is 6.07 Å². The summed E-state index contributed by atoms with van der Waals surface area (Å²) in [6.07, 6.45) is 0. The van der Waals surface area contributed by atoms with Crippen molar-refractivity contribution < 1.29 is 39.6 Å². The number of benzene rings is 1. The molecule has 0 radical (unpaired) electrons. The summed E-state index contributed by atoms with van der Waals surface area (Å²) < 4.78 is 0. The highest BCUT2D eigenvalue weighted by molar-refractivity contribution is 6.11.